The summed E-state index contributed by atoms with van der Waals surface area (Å²) in [5.74, 6) is -1.56. The van der Waals surface area contributed by atoms with Gasteiger partial charge in [-0.25, -0.2) is 13.8 Å². The van der Waals surface area contributed by atoms with E-state index < -0.39 is 11.6 Å². The van der Waals surface area contributed by atoms with Crippen molar-refractivity contribution in [3.63, 3.8) is 0 Å². The lowest BCUT2D eigenvalue weighted by molar-refractivity contribution is 0.112. The molecule has 7 nitrogen and oxygen atoms in total. The number of benzene rings is 2. The molecule has 0 aliphatic rings. The average molecular weight is 349 g/mol. The molecule has 0 aliphatic heterocycles. The van der Waals surface area contributed by atoms with Gasteiger partial charge in [0.25, 0.3) is 0 Å². The summed E-state index contributed by atoms with van der Waals surface area (Å²) in [5.41, 5.74) is 2.24. The van der Waals surface area contributed by atoms with Crippen molar-refractivity contribution in [1.29, 1.82) is 0 Å². The van der Waals surface area contributed by atoms with Crippen molar-refractivity contribution in [2.24, 2.45) is 0 Å². The monoisotopic (exact) mass is 349 g/mol. The number of phenolic OH excluding ortho intramolecular Hbond substituents is 1. The van der Waals surface area contributed by atoms with Gasteiger partial charge in [-0.2, -0.15) is 5.10 Å². The van der Waals surface area contributed by atoms with Crippen molar-refractivity contribution < 1.29 is 14.3 Å². The summed E-state index contributed by atoms with van der Waals surface area (Å²) in [4.78, 5) is 10.9. The van der Waals surface area contributed by atoms with Crippen molar-refractivity contribution in [1.82, 2.24) is 24.8 Å². The van der Waals surface area contributed by atoms with Crippen molar-refractivity contribution in [2.75, 3.05) is 0 Å². The van der Waals surface area contributed by atoms with Gasteiger partial charge in [0, 0.05) is 18.0 Å². The van der Waals surface area contributed by atoms with Crippen LogP contribution in [-0.4, -0.2) is 36.2 Å². The molecule has 8 heteroatoms. The second-order valence-electron chi connectivity index (χ2n) is 5.53. The number of rotatable bonds is 4. The van der Waals surface area contributed by atoms with E-state index in [0.717, 1.165) is 17.4 Å². The largest absolute Gasteiger partial charge is 0.504 e. The Balaban J connectivity index is 1.66. The van der Waals surface area contributed by atoms with E-state index in [1.54, 1.807) is 17.1 Å². The number of nitrogens with zero attached hydrogens (tertiary/aromatic N) is 5. The maximum Gasteiger partial charge on any atom is 0.166 e. The normalized spacial score (nSPS) is 10.8. The Kier molecular flexibility index (Phi) is 3.77. The van der Waals surface area contributed by atoms with E-state index in [1.165, 1.54) is 10.7 Å². The summed E-state index contributed by atoms with van der Waals surface area (Å²) in [6, 6.07) is 11.8. The minimum atomic E-state index is -0.886. The first-order chi connectivity index (χ1) is 12.7. The van der Waals surface area contributed by atoms with Crippen LogP contribution < -0.4 is 0 Å². The van der Waals surface area contributed by atoms with Crippen molar-refractivity contribution >= 4 is 6.29 Å². The summed E-state index contributed by atoms with van der Waals surface area (Å²) in [7, 11) is 0. The average Bonchev–Trinajstić information content (AvgIpc) is 3.36. The molecule has 4 aromatic rings. The lowest BCUT2D eigenvalue weighted by atomic mass is 10.1. The molecule has 0 atom stereocenters. The SMILES string of the molecule is O=Cc1cc(-c2cn(-c3ccc(-n4cccn4)cc3)nn2)cc(F)c1O. The maximum atomic E-state index is 13.7. The van der Waals surface area contributed by atoms with Crippen LogP contribution in [0.2, 0.25) is 0 Å². The first-order valence-electron chi connectivity index (χ1n) is 7.66. The number of carbonyl (C=O) groups excluding carboxylic acids is 1. The molecule has 26 heavy (non-hydrogen) atoms. The fourth-order valence-electron chi connectivity index (χ4n) is 2.56. The van der Waals surface area contributed by atoms with Crippen molar-refractivity contribution in [3.8, 4) is 28.4 Å². The van der Waals surface area contributed by atoms with E-state index >= 15 is 0 Å². The second kappa shape index (κ2) is 6.25. The van der Waals surface area contributed by atoms with E-state index in [9.17, 15) is 14.3 Å². The molecule has 0 unspecified atom stereocenters. The zero-order valence-corrected chi connectivity index (χ0v) is 13.3. The first kappa shape index (κ1) is 15.7. The molecule has 1 N–H and O–H groups in total. The molecule has 0 fully saturated rings. The highest BCUT2D eigenvalue weighted by molar-refractivity contribution is 5.82. The number of hydrogen-bond donors (Lipinski definition) is 1. The number of aldehydes is 1. The molecule has 0 saturated heterocycles. The highest BCUT2D eigenvalue weighted by atomic mass is 19.1. The summed E-state index contributed by atoms with van der Waals surface area (Å²) >= 11 is 0. The minimum absolute atomic E-state index is 0.141. The molecule has 0 aliphatic carbocycles. The van der Waals surface area contributed by atoms with Gasteiger partial charge in [0.1, 0.15) is 5.69 Å². The molecule has 0 bridgehead atoms. The Morgan fingerprint density at radius 3 is 2.46 bits per heavy atom. The highest BCUT2D eigenvalue weighted by Gasteiger charge is 2.13. The van der Waals surface area contributed by atoms with Gasteiger partial charge < -0.3 is 5.11 Å². The third-order valence-corrected chi connectivity index (χ3v) is 3.89. The molecule has 2 heterocycles. The quantitative estimate of drug-likeness (QED) is 0.573. The lowest BCUT2D eigenvalue weighted by Crippen LogP contribution is -1.97. The van der Waals surface area contributed by atoms with Crippen LogP contribution in [0.3, 0.4) is 0 Å². The Hall–Kier alpha value is -3.81. The van der Waals surface area contributed by atoms with Crippen LogP contribution in [0.1, 0.15) is 10.4 Å². The van der Waals surface area contributed by atoms with Gasteiger partial charge in [-0.05, 0) is 42.5 Å². The van der Waals surface area contributed by atoms with Crippen LogP contribution in [0, 0.1) is 5.82 Å². The van der Waals surface area contributed by atoms with Crippen LogP contribution in [0.5, 0.6) is 5.75 Å². The van der Waals surface area contributed by atoms with E-state index in [4.69, 9.17) is 0 Å². The molecular weight excluding hydrogens is 337 g/mol. The van der Waals surface area contributed by atoms with E-state index in [0.29, 0.717) is 17.5 Å². The standard InChI is InChI=1S/C18H12FN5O2/c19-16-9-12(8-13(11-25)18(16)26)17-10-24(22-21-17)15-4-2-14(3-5-15)23-7-1-6-20-23/h1-11,26H. The Bertz CT molecular complexity index is 1070. The fraction of sp³-hybridized carbons (Fsp3) is 0. The molecule has 4 rings (SSSR count). The fourth-order valence-corrected chi connectivity index (χ4v) is 2.56. The molecule has 0 spiro atoms. The Morgan fingerprint density at radius 2 is 1.81 bits per heavy atom. The number of aromatic nitrogens is 5. The van der Waals surface area contributed by atoms with Crippen LogP contribution in [-0.2, 0) is 0 Å². The van der Waals surface area contributed by atoms with Crippen LogP contribution in [0.15, 0.2) is 61.1 Å². The summed E-state index contributed by atoms with van der Waals surface area (Å²) < 4.78 is 17.0. The predicted octanol–water partition coefficient (Wildman–Crippen LogP) is 2.78. The van der Waals surface area contributed by atoms with Gasteiger partial charge in [0.15, 0.2) is 17.9 Å². The second-order valence-corrected chi connectivity index (χ2v) is 5.53. The first-order valence-corrected chi connectivity index (χ1v) is 7.66. The predicted molar refractivity (Wildman–Crippen MR) is 90.9 cm³/mol. The van der Waals surface area contributed by atoms with E-state index in [-0.39, 0.29) is 5.56 Å². The van der Waals surface area contributed by atoms with Crippen LogP contribution in [0.25, 0.3) is 22.6 Å². The number of halogens is 1. The van der Waals surface area contributed by atoms with Gasteiger partial charge >= 0.3 is 0 Å². The third kappa shape index (κ3) is 2.73. The minimum Gasteiger partial charge on any atom is -0.504 e. The van der Waals surface area contributed by atoms with Crippen molar-refractivity contribution in [3.05, 3.63) is 72.4 Å². The van der Waals surface area contributed by atoms with E-state index in [1.807, 2.05) is 36.5 Å². The number of hydrogen-bond acceptors (Lipinski definition) is 5. The number of aromatic hydroxyl groups is 1. The molecule has 0 amide bonds. The molecule has 2 aromatic heterocycles. The van der Waals surface area contributed by atoms with Gasteiger partial charge in [-0.3, -0.25) is 4.79 Å². The van der Waals surface area contributed by atoms with Gasteiger partial charge in [0.2, 0.25) is 0 Å². The topological polar surface area (TPSA) is 85.8 Å². The third-order valence-electron chi connectivity index (χ3n) is 3.89. The summed E-state index contributed by atoms with van der Waals surface area (Å²) in [6.07, 6.45) is 5.54. The van der Waals surface area contributed by atoms with Crippen LogP contribution in [0.4, 0.5) is 4.39 Å². The Morgan fingerprint density at radius 1 is 1.08 bits per heavy atom. The molecular formula is C18H12FN5O2. The Labute approximate surface area is 146 Å². The molecule has 2 aromatic carbocycles. The van der Waals surface area contributed by atoms with E-state index in [2.05, 4.69) is 15.4 Å². The van der Waals surface area contributed by atoms with Gasteiger partial charge in [0.05, 0.1) is 23.1 Å². The zero-order valence-electron chi connectivity index (χ0n) is 13.3. The highest BCUT2D eigenvalue weighted by Crippen LogP contribution is 2.27. The van der Waals surface area contributed by atoms with Gasteiger partial charge in [-0.1, -0.05) is 5.21 Å². The van der Waals surface area contributed by atoms with Crippen LogP contribution >= 0.6 is 0 Å². The molecule has 128 valence electrons. The summed E-state index contributed by atoms with van der Waals surface area (Å²) in [6.45, 7) is 0. The molecule has 0 saturated carbocycles. The van der Waals surface area contributed by atoms with Gasteiger partial charge in [-0.15, -0.1) is 5.10 Å². The summed E-state index contributed by atoms with van der Waals surface area (Å²) in [5, 5.41) is 21.7. The number of carbonyl (C=O) groups is 1. The lowest BCUT2D eigenvalue weighted by Gasteiger charge is -2.04. The zero-order chi connectivity index (χ0) is 18.1. The van der Waals surface area contributed by atoms with Crippen molar-refractivity contribution in [2.45, 2.75) is 0 Å². The smallest absolute Gasteiger partial charge is 0.166 e. The molecule has 0 radical (unpaired) electrons. The number of phenols is 1. The maximum absolute atomic E-state index is 13.7.